The van der Waals surface area contributed by atoms with Crippen LogP contribution in [0.5, 0.6) is 0 Å². The van der Waals surface area contributed by atoms with Crippen LogP contribution in [0.1, 0.15) is 24.5 Å². The molecular weight excluding hydrogens is 262 g/mol. The third-order valence-corrected chi connectivity index (χ3v) is 5.70. The quantitative estimate of drug-likeness (QED) is 0.586. The number of nitrogens with zero attached hydrogens (tertiary/aromatic N) is 1. The second-order valence-electron chi connectivity index (χ2n) is 6.92. The zero-order valence-corrected chi connectivity index (χ0v) is 12.6. The standard InChI is InChI=1S/C18H19NO2/c1-10-4-7-14(11(2)8-10)19-16(20)15-12-5-6-13(9-12)18(15,3)17(19)21/h4-8,12-13,15H,9H2,1-3H3/t12-,13+,15-,18-/m1/s1. The molecule has 3 aliphatic rings. The highest BCUT2D eigenvalue weighted by Crippen LogP contribution is 2.61. The zero-order valence-electron chi connectivity index (χ0n) is 12.6. The molecule has 4 rings (SSSR count). The average molecular weight is 281 g/mol. The minimum Gasteiger partial charge on any atom is -0.274 e. The Morgan fingerprint density at radius 3 is 2.62 bits per heavy atom. The summed E-state index contributed by atoms with van der Waals surface area (Å²) in [6, 6.07) is 5.89. The second kappa shape index (κ2) is 3.85. The molecule has 0 aromatic heterocycles. The molecule has 21 heavy (non-hydrogen) atoms. The maximum absolute atomic E-state index is 13.0. The number of rotatable bonds is 1. The number of allylic oxidation sites excluding steroid dienone is 2. The fourth-order valence-corrected chi connectivity index (χ4v) is 4.59. The molecule has 3 nitrogen and oxygen atoms in total. The number of aryl methyl sites for hydroxylation is 2. The number of carbonyl (C=O) groups excluding carboxylic acids is 2. The molecule has 1 saturated heterocycles. The Balaban J connectivity index is 1.83. The van der Waals surface area contributed by atoms with Crippen molar-refractivity contribution in [3.8, 4) is 0 Å². The van der Waals surface area contributed by atoms with Crippen LogP contribution in [-0.4, -0.2) is 11.8 Å². The first-order valence-corrected chi connectivity index (χ1v) is 7.58. The van der Waals surface area contributed by atoms with Crippen LogP contribution >= 0.6 is 0 Å². The van der Waals surface area contributed by atoms with Gasteiger partial charge in [0, 0.05) is 0 Å². The summed E-state index contributed by atoms with van der Waals surface area (Å²) in [6.45, 7) is 5.96. The Hall–Kier alpha value is -1.90. The summed E-state index contributed by atoms with van der Waals surface area (Å²) in [5, 5.41) is 0. The van der Waals surface area contributed by atoms with E-state index in [1.165, 1.54) is 4.90 Å². The van der Waals surface area contributed by atoms with Crippen molar-refractivity contribution in [2.24, 2.45) is 23.2 Å². The Morgan fingerprint density at radius 2 is 1.95 bits per heavy atom. The van der Waals surface area contributed by atoms with E-state index in [9.17, 15) is 9.59 Å². The molecule has 2 fully saturated rings. The molecule has 0 spiro atoms. The highest BCUT2D eigenvalue weighted by atomic mass is 16.2. The average Bonchev–Trinajstić information content (AvgIpc) is 3.05. The van der Waals surface area contributed by atoms with Crippen molar-refractivity contribution in [1.29, 1.82) is 0 Å². The van der Waals surface area contributed by atoms with Crippen molar-refractivity contribution in [1.82, 2.24) is 0 Å². The van der Waals surface area contributed by atoms with Gasteiger partial charge < -0.3 is 0 Å². The summed E-state index contributed by atoms with van der Waals surface area (Å²) in [5.41, 5.74) is 2.35. The van der Waals surface area contributed by atoms with Gasteiger partial charge in [0.2, 0.25) is 11.8 Å². The predicted molar refractivity (Wildman–Crippen MR) is 80.7 cm³/mol. The molecule has 4 atom stereocenters. The Morgan fingerprint density at radius 1 is 1.19 bits per heavy atom. The van der Waals surface area contributed by atoms with Gasteiger partial charge >= 0.3 is 0 Å². The molecule has 1 saturated carbocycles. The lowest BCUT2D eigenvalue weighted by atomic mass is 9.71. The summed E-state index contributed by atoms with van der Waals surface area (Å²) >= 11 is 0. The van der Waals surface area contributed by atoms with Crippen LogP contribution in [-0.2, 0) is 9.59 Å². The molecular formula is C18H19NO2. The second-order valence-corrected chi connectivity index (χ2v) is 6.92. The summed E-state index contributed by atoms with van der Waals surface area (Å²) in [4.78, 5) is 27.4. The van der Waals surface area contributed by atoms with Crippen LogP contribution in [0, 0.1) is 37.0 Å². The highest BCUT2D eigenvalue weighted by Gasteiger charge is 2.67. The van der Waals surface area contributed by atoms with Gasteiger partial charge in [0.05, 0.1) is 17.0 Å². The number of fused-ring (bicyclic) bond motifs is 5. The summed E-state index contributed by atoms with van der Waals surface area (Å²) in [6.07, 6.45) is 5.23. The SMILES string of the molecule is Cc1ccc(N2C(=O)[C@H]3[C@@H]4C=C[C@@H](C4)[C@@]3(C)C2=O)c(C)c1. The monoisotopic (exact) mass is 281 g/mol. The van der Waals surface area contributed by atoms with Crippen LogP contribution in [0.2, 0.25) is 0 Å². The third-order valence-electron chi connectivity index (χ3n) is 5.70. The lowest BCUT2D eigenvalue weighted by Crippen LogP contribution is -2.37. The maximum Gasteiger partial charge on any atom is 0.241 e. The first kappa shape index (κ1) is 12.8. The van der Waals surface area contributed by atoms with E-state index in [2.05, 4.69) is 12.2 Å². The normalized spacial score (nSPS) is 36.7. The molecule has 0 N–H and O–H groups in total. The third kappa shape index (κ3) is 1.39. The van der Waals surface area contributed by atoms with Crippen LogP contribution in [0.15, 0.2) is 30.4 Å². The van der Waals surface area contributed by atoms with E-state index in [1.54, 1.807) is 0 Å². The molecule has 1 aromatic carbocycles. The molecule has 1 aliphatic heterocycles. The van der Waals surface area contributed by atoms with Gasteiger partial charge in [-0.3, -0.25) is 9.59 Å². The van der Waals surface area contributed by atoms with Crippen molar-refractivity contribution >= 4 is 17.5 Å². The molecule has 1 aromatic rings. The van der Waals surface area contributed by atoms with Gasteiger partial charge in [-0.1, -0.05) is 29.8 Å². The molecule has 0 radical (unpaired) electrons. The Bertz CT molecular complexity index is 705. The summed E-state index contributed by atoms with van der Waals surface area (Å²) in [7, 11) is 0. The fraction of sp³-hybridized carbons (Fsp3) is 0.444. The number of benzene rings is 1. The van der Waals surface area contributed by atoms with Crippen LogP contribution in [0.25, 0.3) is 0 Å². The van der Waals surface area contributed by atoms with E-state index in [-0.39, 0.29) is 29.6 Å². The molecule has 1 heterocycles. The molecule has 2 aliphatic carbocycles. The van der Waals surface area contributed by atoms with Crippen LogP contribution in [0.4, 0.5) is 5.69 Å². The van der Waals surface area contributed by atoms with Gasteiger partial charge in [-0.2, -0.15) is 0 Å². The van der Waals surface area contributed by atoms with Crippen molar-refractivity contribution in [2.45, 2.75) is 27.2 Å². The zero-order chi connectivity index (χ0) is 14.9. The number of anilines is 1. The molecule has 108 valence electrons. The number of hydrogen-bond acceptors (Lipinski definition) is 2. The first-order chi connectivity index (χ1) is 9.94. The van der Waals surface area contributed by atoms with Crippen molar-refractivity contribution < 1.29 is 9.59 Å². The minimum atomic E-state index is -0.534. The van der Waals surface area contributed by atoms with E-state index in [4.69, 9.17) is 0 Å². The van der Waals surface area contributed by atoms with Crippen molar-refractivity contribution in [3.63, 3.8) is 0 Å². The molecule has 2 amide bonds. The lowest BCUT2D eigenvalue weighted by molar-refractivity contribution is -0.127. The number of amides is 2. The van der Waals surface area contributed by atoms with Crippen molar-refractivity contribution in [2.75, 3.05) is 4.90 Å². The largest absolute Gasteiger partial charge is 0.274 e. The number of imide groups is 1. The minimum absolute atomic E-state index is 0.00805. The van der Waals surface area contributed by atoms with Crippen LogP contribution < -0.4 is 4.90 Å². The number of carbonyl (C=O) groups is 2. The van der Waals surface area contributed by atoms with Gasteiger partial charge in [0.15, 0.2) is 0 Å². The van der Waals surface area contributed by atoms with E-state index in [1.807, 2.05) is 39.0 Å². The van der Waals surface area contributed by atoms with Gasteiger partial charge in [-0.25, -0.2) is 4.90 Å². The lowest BCUT2D eigenvalue weighted by Gasteiger charge is -2.28. The van der Waals surface area contributed by atoms with Gasteiger partial charge in [-0.05, 0) is 50.7 Å². The molecule has 2 bridgehead atoms. The Labute approximate surface area is 124 Å². The van der Waals surface area contributed by atoms with E-state index >= 15 is 0 Å². The van der Waals surface area contributed by atoms with E-state index in [0.29, 0.717) is 0 Å². The molecule has 3 heteroatoms. The van der Waals surface area contributed by atoms with Crippen molar-refractivity contribution in [3.05, 3.63) is 41.5 Å². The number of hydrogen-bond donors (Lipinski definition) is 0. The van der Waals surface area contributed by atoms with E-state index in [0.717, 1.165) is 23.2 Å². The Kier molecular flexibility index (Phi) is 2.35. The summed E-state index contributed by atoms with van der Waals surface area (Å²) in [5.74, 6) is 0.278. The summed E-state index contributed by atoms with van der Waals surface area (Å²) < 4.78 is 0. The topological polar surface area (TPSA) is 37.4 Å². The van der Waals surface area contributed by atoms with Crippen LogP contribution in [0.3, 0.4) is 0 Å². The van der Waals surface area contributed by atoms with E-state index < -0.39 is 5.41 Å². The highest BCUT2D eigenvalue weighted by molar-refractivity contribution is 6.24. The molecule has 0 unspecified atom stereocenters. The van der Waals surface area contributed by atoms with Gasteiger partial charge in [-0.15, -0.1) is 0 Å². The first-order valence-electron chi connectivity index (χ1n) is 7.58. The smallest absolute Gasteiger partial charge is 0.241 e. The maximum atomic E-state index is 13.0. The van der Waals surface area contributed by atoms with Gasteiger partial charge in [0.1, 0.15) is 0 Å². The van der Waals surface area contributed by atoms with Gasteiger partial charge in [0.25, 0.3) is 0 Å². The predicted octanol–water partition coefficient (Wildman–Crippen LogP) is 3.01. The fourth-order valence-electron chi connectivity index (χ4n) is 4.59.